The first-order valence-corrected chi connectivity index (χ1v) is 2.43. The molecule has 1 N–H and O–H groups in total. The van der Waals surface area contributed by atoms with Gasteiger partial charge in [0.05, 0.1) is 7.11 Å². The second kappa shape index (κ2) is 3.88. The van der Waals surface area contributed by atoms with Crippen LogP contribution in [0.1, 0.15) is 6.92 Å². The smallest absolute Gasteiger partial charge is 0.328 e. The van der Waals surface area contributed by atoms with E-state index in [1.54, 1.807) is 0 Å². The van der Waals surface area contributed by atoms with Crippen molar-refractivity contribution in [1.29, 1.82) is 0 Å². The lowest BCUT2D eigenvalue weighted by Crippen LogP contribution is -2.33. The second-order valence-corrected chi connectivity index (χ2v) is 1.49. The highest BCUT2D eigenvalue weighted by molar-refractivity contribution is 5.77. The number of methoxy groups -OCH3 is 1. The number of amides is 1. The molecule has 4 heteroatoms. The standard InChI is InChI=1S/C5H8NO3/c1-4(6-3-7)5(8)9-2/h4H,1-2H3,(H,6,7). The molecule has 0 aromatic carbocycles. The molecule has 0 heterocycles. The fraction of sp³-hybridized carbons (Fsp3) is 0.600. The molecule has 0 aliphatic heterocycles. The molecule has 0 aromatic rings. The van der Waals surface area contributed by atoms with Gasteiger partial charge in [0, 0.05) is 0 Å². The van der Waals surface area contributed by atoms with Crippen LogP contribution in [0.3, 0.4) is 0 Å². The molecule has 1 unspecified atom stereocenters. The Morgan fingerprint density at radius 2 is 2.33 bits per heavy atom. The van der Waals surface area contributed by atoms with Crippen molar-refractivity contribution >= 4 is 12.4 Å². The van der Waals surface area contributed by atoms with E-state index >= 15 is 0 Å². The zero-order chi connectivity index (χ0) is 7.28. The van der Waals surface area contributed by atoms with Crippen molar-refractivity contribution in [2.75, 3.05) is 7.11 Å². The molecule has 0 spiro atoms. The zero-order valence-corrected chi connectivity index (χ0v) is 5.30. The van der Waals surface area contributed by atoms with Gasteiger partial charge in [-0.05, 0) is 6.92 Å². The molecule has 51 valence electrons. The third-order valence-corrected chi connectivity index (χ3v) is 0.830. The molecule has 0 saturated heterocycles. The number of carbonyl (C=O) groups is 1. The van der Waals surface area contributed by atoms with Crippen LogP contribution in [0.5, 0.6) is 0 Å². The van der Waals surface area contributed by atoms with Gasteiger partial charge < -0.3 is 10.1 Å². The maximum absolute atomic E-state index is 10.4. The van der Waals surface area contributed by atoms with Gasteiger partial charge in [0.25, 0.3) is 0 Å². The number of carbonyl (C=O) groups excluding carboxylic acids is 2. The zero-order valence-electron chi connectivity index (χ0n) is 5.30. The molecule has 1 amide bonds. The Balaban J connectivity index is 3.58. The van der Waals surface area contributed by atoms with E-state index in [4.69, 9.17) is 0 Å². The highest BCUT2D eigenvalue weighted by Gasteiger charge is 2.10. The first-order chi connectivity index (χ1) is 4.22. The maximum atomic E-state index is 10.4. The Kier molecular flexibility index (Phi) is 3.43. The van der Waals surface area contributed by atoms with Crippen molar-refractivity contribution in [2.24, 2.45) is 0 Å². The summed E-state index contributed by atoms with van der Waals surface area (Å²) in [6, 6.07) is -0.604. The van der Waals surface area contributed by atoms with Crippen molar-refractivity contribution in [2.45, 2.75) is 13.0 Å². The Bertz CT molecular complexity index is 113. The SMILES string of the molecule is COC(=O)C(C)N[C]=O. The number of hydrogen-bond donors (Lipinski definition) is 1. The molecular formula is C5H8NO3. The van der Waals surface area contributed by atoms with Crippen molar-refractivity contribution in [3.63, 3.8) is 0 Å². The van der Waals surface area contributed by atoms with Gasteiger partial charge in [0.15, 0.2) is 0 Å². The minimum atomic E-state index is -0.604. The van der Waals surface area contributed by atoms with Gasteiger partial charge in [-0.1, -0.05) is 0 Å². The normalized spacial score (nSPS) is 11.8. The van der Waals surface area contributed by atoms with E-state index in [9.17, 15) is 9.59 Å². The van der Waals surface area contributed by atoms with Crippen LogP contribution in [-0.2, 0) is 14.3 Å². The Morgan fingerprint density at radius 3 is 2.67 bits per heavy atom. The first-order valence-electron chi connectivity index (χ1n) is 2.43. The molecule has 0 aliphatic carbocycles. The van der Waals surface area contributed by atoms with Crippen LogP contribution in [0, 0.1) is 0 Å². The molecule has 0 bridgehead atoms. The lowest BCUT2D eigenvalue weighted by molar-refractivity contribution is -0.142. The minimum Gasteiger partial charge on any atom is -0.467 e. The predicted molar refractivity (Wildman–Crippen MR) is 30.3 cm³/mol. The minimum absolute atomic E-state index is 0.474. The molecule has 0 fully saturated rings. The largest absolute Gasteiger partial charge is 0.467 e. The van der Waals surface area contributed by atoms with Gasteiger partial charge in [0.2, 0.25) is 0 Å². The van der Waals surface area contributed by atoms with E-state index in [0.717, 1.165) is 0 Å². The van der Waals surface area contributed by atoms with Crippen LogP contribution >= 0.6 is 0 Å². The van der Waals surface area contributed by atoms with Crippen molar-refractivity contribution in [3.05, 3.63) is 0 Å². The van der Waals surface area contributed by atoms with Gasteiger partial charge >= 0.3 is 12.4 Å². The lowest BCUT2D eigenvalue weighted by Gasteiger charge is -2.04. The molecule has 1 radical (unpaired) electrons. The highest BCUT2D eigenvalue weighted by atomic mass is 16.5. The van der Waals surface area contributed by atoms with Crippen molar-refractivity contribution < 1.29 is 14.3 Å². The van der Waals surface area contributed by atoms with E-state index in [0.29, 0.717) is 0 Å². The van der Waals surface area contributed by atoms with E-state index in [-0.39, 0.29) is 0 Å². The van der Waals surface area contributed by atoms with Crippen LogP contribution in [0.15, 0.2) is 0 Å². The fourth-order valence-corrected chi connectivity index (χ4v) is 0.324. The van der Waals surface area contributed by atoms with Gasteiger partial charge in [0.1, 0.15) is 6.04 Å². The van der Waals surface area contributed by atoms with Gasteiger partial charge in [-0.25, -0.2) is 4.79 Å². The maximum Gasteiger partial charge on any atom is 0.328 e. The number of hydrogen-bond acceptors (Lipinski definition) is 3. The van der Waals surface area contributed by atoms with E-state index in [1.807, 2.05) is 0 Å². The van der Waals surface area contributed by atoms with Crippen LogP contribution in [-0.4, -0.2) is 25.5 Å². The van der Waals surface area contributed by atoms with Crippen LogP contribution < -0.4 is 5.32 Å². The molecule has 0 aliphatic rings. The number of rotatable bonds is 3. The number of ether oxygens (including phenoxy) is 1. The van der Waals surface area contributed by atoms with Crippen LogP contribution in [0.4, 0.5) is 0 Å². The van der Waals surface area contributed by atoms with Gasteiger partial charge in [-0.15, -0.1) is 0 Å². The van der Waals surface area contributed by atoms with Gasteiger partial charge in [-0.3, -0.25) is 4.79 Å². The summed E-state index contributed by atoms with van der Waals surface area (Å²) in [6.07, 6.45) is 1.38. The predicted octanol–water partition coefficient (Wildman–Crippen LogP) is -0.795. The van der Waals surface area contributed by atoms with Crippen molar-refractivity contribution in [1.82, 2.24) is 5.32 Å². The molecular weight excluding hydrogens is 122 g/mol. The summed E-state index contributed by atoms with van der Waals surface area (Å²) in [6.45, 7) is 1.51. The third kappa shape index (κ3) is 2.69. The molecule has 0 saturated carbocycles. The summed E-state index contributed by atoms with van der Waals surface area (Å²) >= 11 is 0. The molecule has 9 heavy (non-hydrogen) atoms. The van der Waals surface area contributed by atoms with E-state index in [2.05, 4.69) is 10.1 Å². The molecule has 0 rings (SSSR count). The average Bonchev–Trinajstić information content (AvgIpc) is 1.87. The van der Waals surface area contributed by atoms with Crippen molar-refractivity contribution in [3.8, 4) is 0 Å². The topological polar surface area (TPSA) is 55.4 Å². The summed E-state index contributed by atoms with van der Waals surface area (Å²) in [5, 5.41) is 2.12. The summed E-state index contributed by atoms with van der Waals surface area (Å²) in [5.74, 6) is -0.474. The van der Waals surface area contributed by atoms with E-state index < -0.39 is 12.0 Å². The van der Waals surface area contributed by atoms with Crippen LogP contribution in [0.25, 0.3) is 0 Å². The first kappa shape index (κ1) is 7.94. The molecule has 1 atom stereocenters. The summed E-state index contributed by atoms with van der Waals surface area (Å²) in [5.41, 5.74) is 0. The Morgan fingerprint density at radius 1 is 1.78 bits per heavy atom. The number of nitrogens with one attached hydrogen (secondary N) is 1. The van der Waals surface area contributed by atoms with E-state index in [1.165, 1.54) is 20.4 Å². The fourth-order valence-electron chi connectivity index (χ4n) is 0.324. The lowest BCUT2D eigenvalue weighted by atomic mass is 10.4. The highest BCUT2D eigenvalue weighted by Crippen LogP contribution is 1.81. The number of esters is 1. The summed E-state index contributed by atoms with van der Waals surface area (Å²) in [4.78, 5) is 20.0. The molecule has 0 aromatic heterocycles. The Hall–Kier alpha value is -1.06. The average molecular weight is 130 g/mol. The Labute approximate surface area is 53.2 Å². The summed E-state index contributed by atoms with van der Waals surface area (Å²) < 4.78 is 4.28. The quantitative estimate of drug-likeness (QED) is 0.402. The van der Waals surface area contributed by atoms with Gasteiger partial charge in [-0.2, -0.15) is 0 Å². The molecule has 4 nitrogen and oxygen atoms in total. The second-order valence-electron chi connectivity index (χ2n) is 1.49. The van der Waals surface area contributed by atoms with Crippen LogP contribution in [0.2, 0.25) is 0 Å². The monoisotopic (exact) mass is 130 g/mol. The third-order valence-electron chi connectivity index (χ3n) is 0.830. The summed E-state index contributed by atoms with van der Waals surface area (Å²) in [7, 11) is 1.26.